The van der Waals surface area contributed by atoms with Crippen LogP contribution in [0, 0.1) is 11.8 Å². The third-order valence-corrected chi connectivity index (χ3v) is 4.97. The zero-order valence-electron chi connectivity index (χ0n) is 13.5. The first-order valence-corrected chi connectivity index (χ1v) is 8.43. The Morgan fingerprint density at radius 2 is 1.74 bits per heavy atom. The molecule has 1 heterocycles. The van der Waals surface area contributed by atoms with E-state index >= 15 is 0 Å². The highest BCUT2D eigenvalue weighted by Gasteiger charge is 2.28. The first kappa shape index (κ1) is 15.3. The van der Waals surface area contributed by atoms with Crippen molar-refractivity contribution in [2.24, 2.45) is 11.8 Å². The van der Waals surface area contributed by atoms with Gasteiger partial charge in [0.25, 0.3) is 0 Å². The minimum atomic E-state index is 0.266. The summed E-state index contributed by atoms with van der Waals surface area (Å²) in [6, 6.07) is 0.897. The molecule has 19 heavy (non-hydrogen) atoms. The predicted octanol–water partition coefficient (Wildman–Crippen LogP) is 3.67. The van der Waals surface area contributed by atoms with Crippen LogP contribution in [0.1, 0.15) is 66.2 Å². The van der Waals surface area contributed by atoms with Crippen LogP contribution in [0.3, 0.4) is 0 Å². The topological polar surface area (TPSA) is 15.3 Å². The van der Waals surface area contributed by atoms with Crippen molar-refractivity contribution >= 4 is 0 Å². The van der Waals surface area contributed by atoms with Crippen LogP contribution in [0.15, 0.2) is 0 Å². The molecule has 1 atom stereocenters. The number of nitrogens with one attached hydrogen (secondary N) is 1. The van der Waals surface area contributed by atoms with Crippen molar-refractivity contribution in [1.29, 1.82) is 0 Å². The van der Waals surface area contributed by atoms with E-state index in [0.29, 0.717) is 0 Å². The summed E-state index contributed by atoms with van der Waals surface area (Å²) >= 11 is 0. The molecule has 0 amide bonds. The Labute approximate surface area is 120 Å². The summed E-state index contributed by atoms with van der Waals surface area (Å²) in [6.45, 7) is 13.1. The maximum atomic E-state index is 3.70. The standard InChI is InChI=1S/C17H34N2/c1-14-7-9-16(10-8-14)19-11-5-6-15(13-19)12-18-17(2,3)4/h14-16,18H,5-13H2,1-4H3. The number of likely N-dealkylation sites (tertiary alicyclic amines) is 1. The van der Waals surface area contributed by atoms with E-state index in [1.807, 2.05) is 0 Å². The lowest BCUT2D eigenvalue weighted by molar-refractivity contribution is 0.0867. The van der Waals surface area contributed by atoms with Gasteiger partial charge in [0, 0.05) is 18.1 Å². The van der Waals surface area contributed by atoms with Crippen LogP contribution >= 0.6 is 0 Å². The summed E-state index contributed by atoms with van der Waals surface area (Å²) in [5.74, 6) is 1.84. The van der Waals surface area contributed by atoms with Crippen molar-refractivity contribution in [3.05, 3.63) is 0 Å². The van der Waals surface area contributed by atoms with Crippen molar-refractivity contribution in [2.75, 3.05) is 19.6 Å². The summed E-state index contributed by atoms with van der Waals surface area (Å²) in [6.07, 6.45) is 8.62. The normalized spacial score (nSPS) is 34.4. The van der Waals surface area contributed by atoms with Crippen LogP contribution in [0.4, 0.5) is 0 Å². The van der Waals surface area contributed by atoms with E-state index in [1.165, 1.54) is 58.2 Å². The van der Waals surface area contributed by atoms with Crippen LogP contribution in [-0.2, 0) is 0 Å². The van der Waals surface area contributed by atoms with E-state index in [-0.39, 0.29) is 5.54 Å². The third-order valence-electron chi connectivity index (χ3n) is 4.97. The van der Waals surface area contributed by atoms with Gasteiger partial charge in [-0.15, -0.1) is 0 Å². The molecule has 1 unspecified atom stereocenters. The van der Waals surface area contributed by atoms with Crippen molar-refractivity contribution < 1.29 is 0 Å². The predicted molar refractivity (Wildman–Crippen MR) is 83.5 cm³/mol. The molecule has 1 aliphatic heterocycles. The molecular formula is C17H34N2. The summed E-state index contributed by atoms with van der Waals surface area (Å²) < 4.78 is 0. The second-order valence-electron chi connectivity index (χ2n) is 8.05. The van der Waals surface area contributed by atoms with Crippen LogP contribution in [0.2, 0.25) is 0 Å². The number of nitrogens with zero attached hydrogens (tertiary/aromatic N) is 1. The molecule has 2 heteroatoms. The van der Waals surface area contributed by atoms with Gasteiger partial charge < -0.3 is 10.2 Å². The molecule has 2 aliphatic rings. The zero-order chi connectivity index (χ0) is 13.9. The Kier molecular flexibility index (Phi) is 5.30. The third kappa shape index (κ3) is 5.07. The van der Waals surface area contributed by atoms with Crippen LogP contribution in [-0.4, -0.2) is 36.1 Å². The fourth-order valence-electron chi connectivity index (χ4n) is 3.65. The second-order valence-corrected chi connectivity index (χ2v) is 8.05. The SMILES string of the molecule is CC1CCC(N2CCCC(CNC(C)(C)C)C2)CC1. The van der Waals surface area contributed by atoms with Gasteiger partial charge in [0.05, 0.1) is 0 Å². The molecule has 0 radical (unpaired) electrons. The van der Waals surface area contributed by atoms with Gasteiger partial charge in [-0.05, 0) is 84.2 Å². The van der Waals surface area contributed by atoms with Gasteiger partial charge >= 0.3 is 0 Å². The highest BCUT2D eigenvalue weighted by Crippen LogP contribution is 2.29. The number of hydrogen-bond donors (Lipinski definition) is 1. The minimum absolute atomic E-state index is 0.266. The van der Waals surface area contributed by atoms with Gasteiger partial charge in [0.2, 0.25) is 0 Å². The zero-order valence-corrected chi connectivity index (χ0v) is 13.5. The van der Waals surface area contributed by atoms with E-state index in [4.69, 9.17) is 0 Å². The van der Waals surface area contributed by atoms with Gasteiger partial charge in [0.1, 0.15) is 0 Å². The molecule has 0 aromatic rings. The van der Waals surface area contributed by atoms with Gasteiger partial charge in [-0.3, -0.25) is 0 Å². The first-order chi connectivity index (χ1) is 8.94. The summed E-state index contributed by atoms with van der Waals surface area (Å²) in [5, 5.41) is 3.70. The monoisotopic (exact) mass is 266 g/mol. The first-order valence-electron chi connectivity index (χ1n) is 8.43. The largest absolute Gasteiger partial charge is 0.312 e. The minimum Gasteiger partial charge on any atom is -0.312 e. The highest BCUT2D eigenvalue weighted by atomic mass is 15.2. The Morgan fingerprint density at radius 1 is 1.05 bits per heavy atom. The van der Waals surface area contributed by atoms with Gasteiger partial charge in [-0.1, -0.05) is 6.92 Å². The maximum absolute atomic E-state index is 3.70. The molecule has 0 aromatic carbocycles. The van der Waals surface area contributed by atoms with E-state index in [9.17, 15) is 0 Å². The number of rotatable bonds is 3. The Balaban J connectivity index is 1.77. The molecule has 0 spiro atoms. The van der Waals surface area contributed by atoms with Crippen LogP contribution in [0.5, 0.6) is 0 Å². The Morgan fingerprint density at radius 3 is 2.37 bits per heavy atom. The smallest absolute Gasteiger partial charge is 0.00966 e. The molecule has 1 aliphatic carbocycles. The molecule has 1 N–H and O–H groups in total. The number of hydrogen-bond acceptors (Lipinski definition) is 2. The average Bonchev–Trinajstić information content (AvgIpc) is 2.37. The lowest BCUT2D eigenvalue weighted by Crippen LogP contribution is -2.48. The fraction of sp³-hybridized carbons (Fsp3) is 1.00. The lowest BCUT2D eigenvalue weighted by Gasteiger charge is -2.41. The van der Waals surface area contributed by atoms with E-state index in [0.717, 1.165) is 17.9 Å². The lowest BCUT2D eigenvalue weighted by atomic mass is 9.85. The van der Waals surface area contributed by atoms with Gasteiger partial charge in [0.15, 0.2) is 0 Å². The van der Waals surface area contributed by atoms with Crippen molar-refractivity contribution in [3.63, 3.8) is 0 Å². The van der Waals surface area contributed by atoms with E-state index < -0.39 is 0 Å². The number of piperidine rings is 1. The quantitative estimate of drug-likeness (QED) is 0.838. The van der Waals surface area contributed by atoms with Crippen LogP contribution < -0.4 is 5.32 Å². The molecular weight excluding hydrogens is 232 g/mol. The average molecular weight is 266 g/mol. The molecule has 112 valence electrons. The molecule has 1 saturated carbocycles. The maximum Gasteiger partial charge on any atom is 0.00966 e. The van der Waals surface area contributed by atoms with E-state index in [2.05, 4.69) is 37.9 Å². The molecule has 2 nitrogen and oxygen atoms in total. The summed E-state index contributed by atoms with van der Waals surface area (Å²) in [5.41, 5.74) is 0.266. The Hall–Kier alpha value is -0.0800. The molecule has 2 fully saturated rings. The second kappa shape index (κ2) is 6.58. The van der Waals surface area contributed by atoms with E-state index in [1.54, 1.807) is 0 Å². The van der Waals surface area contributed by atoms with Gasteiger partial charge in [-0.2, -0.15) is 0 Å². The summed E-state index contributed by atoms with van der Waals surface area (Å²) in [4.78, 5) is 2.81. The molecule has 2 rings (SSSR count). The van der Waals surface area contributed by atoms with Crippen LogP contribution in [0.25, 0.3) is 0 Å². The highest BCUT2D eigenvalue weighted by molar-refractivity contribution is 4.84. The molecule has 0 aromatic heterocycles. The summed E-state index contributed by atoms with van der Waals surface area (Å²) in [7, 11) is 0. The van der Waals surface area contributed by atoms with Crippen molar-refractivity contribution in [1.82, 2.24) is 10.2 Å². The Bertz CT molecular complexity index is 261. The van der Waals surface area contributed by atoms with Gasteiger partial charge in [-0.25, -0.2) is 0 Å². The van der Waals surface area contributed by atoms with Crippen molar-refractivity contribution in [3.8, 4) is 0 Å². The fourth-order valence-corrected chi connectivity index (χ4v) is 3.65. The van der Waals surface area contributed by atoms with Crippen molar-refractivity contribution in [2.45, 2.75) is 77.8 Å². The molecule has 1 saturated heterocycles. The molecule has 0 bridgehead atoms.